The molecule has 2 saturated carbocycles. The highest BCUT2D eigenvalue weighted by Gasteiger charge is 2.27. The Morgan fingerprint density at radius 1 is 1.22 bits per heavy atom. The third-order valence-corrected chi connectivity index (χ3v) is 4.06. The molecular formula is C14H27N3O. The van der Waals surface area contributed by atoms with Gasteiger partial charge < -0.3 is 11.1 Å². The van der Waals surface area contributed by atoms with E-state index in [4.69, 9.17) is 5.73 Å². The number of hydrogen-bond acceptors (Lipinski definition) is 3. The fourth-order valence-electron chi connectivity index (χ4n) is 2.83. The second kappa shape index (κ2) is 6.53. The van der Waals surface area contributed by atoms with Crippen molar-refractivity contribution < 1.29 is 4.79 Å². The maximum atomic E-state index is 11.9. The largest absolute Gasteiger partial charge is 0.352 e. The Morgan fingerprint density at radius 2 is 1.89 bits per heavy atom. The molecule has 0 saturated heterocycles. The quantitative estimate of drug-likeness (QED) is 0.749. The SMILES string of the molecule is CCCN(CC(=O)NC1CC1)C1CCC(N)CC1. The molecular weight excluding hydrogens is 226 g/mol. The average molecular weight is 253 g/mol. The van der Waals surface area contributed by atoms with E-state index >= 15 is 0 Å². The standard InChI is InChI=1S/C14H27N3O/c1-2-9-17(10-14(18)16-12-5-6-12)13-7-3-11(15)4-8-13/h11-13H,2-10,15H2,1H3,(H,16,18). The summed E-state index contributed by atoms with van der Waals surface area (Å²) in [4.78, 5) is 14.3. The Balaban J connectivity index is 1.79. The number of carbonyl (C=O) groups is 1. The number of nitrogens with one attached hydrogen (secondary N) is 1. The molecule has 2 aliphatic carbocycles. The first-order valence-electron chi connectivity index (χ1n) is 7.48. The van der Waals surface area contributed by atoms with Crippen LogP contribution in [0.15, 0.2) is 0 Å². The predicted octanol–water partition coefficient (Wildman–Crippen LogP) is 1.25. The van der Waals surface area contributed by atoms with Crippen LogP contribution in [0.4, 0.5) is 0 Å². The summed E-state index contributed by atoms with van der Waals surface area (Å²) in [7, 11) is 0. The van der Waals surface area contributed by atoms with Gasteiger partial charge in [0.15, 0.2) is 0 Å². The van der Waals surface area contributed by atoms with E-state index in [1.54, 1.807) is 0 Å². The van der Waals surface area contributed by atoms with Gasteiger partial charge in [-0.3, -0.25) is 9.69 Å². The van der Waals surface area contributed by atoms with E-state index in [0.29, 0.717) is 24.7 Å². The van der Waals surface area contributed by atoms with Gasteiger partial charge in [0, 0.05) is 18.1 Å². The number of rotatable bonds is 6. The van der Waals surface area contributed by atoms with E-state index in [2.05, 4.69) is 17.1 Å². The van der Waals surface area contributed by atoms with Crippen LogP contribution in [-0.4, -0.2) is 42.0 Å². The van der Waals surface area contributed by atoms with Gasteiger partial charge in [0.2, 0.25) is 5.91 Å². The van der Waals surface area contributed by atoms with Crippen molar-refractivity contribution in [3.63, 3.8) is 0 Å². The van der Waals surface area contributed by atoms with Gasteiger partial charge in [0.05, 0.1) is 6.54 Å². The van der Waals surface area contributed by atoms with Crippen LogP contribution in [0.2, 0.25) is 0 Å². The third-order valence-electron chi connectivity index (χ3n) is 4.06. The number of nitrogens with two attached hydrogens (primary N) is 1. The normalized spacial score (nSPS) is 28.4. The Kier molecular flexibility index (Phi) is 5.01. The van der Waals surface area contributed by atoms with Gasteiger partial charge in [0.1, 0.15) is 0 Å². The molecule has 4 nitrogen and oxygen atoms in total. The molecule has 0 unspecified atom stereocenters. The number of carbonyl (C=O) groups excluding carboxylic acids is 1. The first-order valence-corrected chi connectivity index (χ1v) is 7.48. The van der Waals surface area contributed by atoms with Crippen LogP contribution in [0.3, 0.4) is 0 Å². The molecule has 0 spiro atoms. The van der Waals surface area contributed by atoms with Crippen molar-refractivity contribution in [1.29, 1.82) is 0 Å². The van der Waals surface area contributed by atoms with Gasteiger partial charge in [-0.2, -0.15) is 0 Å². The summed E-state index contributed by atoms with van der Waals surface area (Å²) in [5.74, 6) is 0.209. The van der Waals surface area contributed by atoms with Crippen molar-refractivity contribution >= 4 is 5.91 Å². The van der Waals surface area contributed by atoms with Crippen LogP contribution in [0.5, 0.6) is 0 Å². The molecule has 0 aromatic heterocycles. The Labute approximate surface area is 110 Å². The third kappa shape index (κ3) is 4.25. The lowest BCUT2D eigenvalue weighted by Crippen LogP contribution is -2.46. The topological polar surface area (TPSA) is 58.4 Å². The summed E-state index contributed by atoms with van der Waals surface area (Å²) in [6.45, 7) is 3.78. The maximum absolute atomic E-state index is 11.9. The van der Waals surface area contributed by atoms with Crippen molar-refractivity contribution in [2.75, 3.05) is 13.1 Å². The molecule has 4 heteroatoms. The van der Waals surface area contributed by atoms with Gasteiger partial charge in [-0.1, -0.05) is 6.92 Å². The van der Waals surface area contributed by atoms with Crippen LogP contribution in [0, 0.1) is 0 Å². The van der Waals surface area contributed by atoms with Crippen LogP contribution in [0.1, 0.15) is 51.9 Å². The number of amides is 1. The molecule has 0 atom stereocenters. The average Bonchev–Trinajstić information content (AvgIpc) is 3.13. The molecule has 1 amide bonds. The van der Waals surface area contributed by atoms with Crippen molar-refractivity contribution in [2.45, 2.75) is 70.0 Å². The van der Waals surface area contributed by atoms with Crippen molar-refractivity contribution in [3.05, 3.63) is 0 Å². The lowest BCUT2D eigenvalue weighted by atomic mass is 9.90. The van der Waals surface area contributed by atoms with Gasteiger partial charge >= 0.3 is 0 Å². The molecule has 104 valence electrons. The molecule has 0 aromatic rings. The molecule has 2 aliphatic rings. The lowest BCUT2D eigenvalue weighted by molar-refractivity contribution is -0.123. The van der Waals surface area contributed by atoms with Crippen LogP contribution < -0.4 is 11.1 Å². The highest BCUT2D eigenvalue weighted by Crippen LogP contribution is 2.23. The van der Waals surface area contributed by atoms with E-state index in [9.17, 15) is 4.79 Å². The van der Waals surface area contributed by atoms with E-state index in [-0.39, 0.29) is 5.91 Å². The Hall–Kier alpha value is -0.610. The highest BCUT2D eigenvalue weighted by atomic mass is 16.2. The van der Waals surface area contributed by atoms with Gasteiger partial charge in [-0.05, 0) is 51.5 Å². The zero-order chi connectivity index (χ0) is 13.0. The lowest BCUT2D eigenvalue weighted by Gasteiger charge is -2.35. The van der Waals surface area contributed by atoms with Gasteiger partial charge in [-0.25, -0.2) is 0 Å². The minimum absolute atomic E-state index is 0.209. The van der Waals surface area contributed by atoms with Crippen LogP contribution >= 0.6 is 0 Å². The molecule has 3 N–H and O–H groups in total. The molecule has 2 fully saturated rings. The summed E-state index contributed by atoms with van der Waals surface area (Å²) in [5.41, 5.74) is 5.95. The van der Waals surface area contributed by atoms with E-state index in [1.807, 2.05) is 0 Å². The van der Waals surface area contributed by atoms with Crippen LogP contribution in [0.25, 0.3) is 0 Å². The monoisotopic (exact) mass is 253 g/mol. The molecule has 2 rings (SSSR count). The molecule has 0 radical (unpaired) electrons. The van der Waals surface area contributed by atoms with Gasteiger partial charge in [0.25, 0.3) is 0 Å². The zero-order valence-electron chi connectivity index (χ0n) is 11.5. The number of hydrogen-bond donors (Lipinski definition) is 2. The molecule has 0 heterocycles. The van der Waals surface area contributed by atoms with E-state index in [0.717, 1.165) is 51.5 Å². The summed E-state index contributed by atoms with van der Waals surface area (Å²) < 4.78 is 0. The fraction of sp³-hybridized carbons (Fsp3) is 0.929. The smallest absolute Gasteiger partial charge is 0.234 e. The van der Waals surface area contributed by atoms with Gasteiger partial charge in [-0.15, -0.1) is 0 Å². The van der Waals surface area contributed by atoms with Crippen LogP contribution in [-0.2, 0) is 4.79 Å². The fourth-order valence-corrected chi connectivity index (χ4v) is 2.83. The predicted molar refractivity (Wildman–Crippen MR) is 73.3 cm³/mol. The second-order valence-corrected chi connectivity index (χ2v) is 5.88. The Morgan fingerprint density at radius 3 is 2.44 bits per heavy atom. The van der Waals surface area contributed by atoms with Crippen molar-refractivity contribution in [1.82, 2.24) is 10.2 Å². The van der Waals surface area contributed by atoms with Crippen molar-refractivity contribution in [2.24, 2.45) is 5.73 Å². The molecule has 0 bridgehead atoms. The zero-order valence-corrected chi connectivity index (χ0v) is 11.5. The summed E-state index contributed by atoms with van der Waals surface area (Å²) in [6, 6.07) is 1.42. The van der Waals surface area contributed by atoms with E-state index in [1.165, 1.54) is 0 Å². The first kappa shape index (κ1) is 13.8. The number of nitrogens with zero attached hydrogens (tertiary/aromatic N) is 1. The molecule has 18 heavy (non-hydrogen) atoms. The first-order chi connectivity index (χ1) is 8.69. The minimum Gasteiger partial charge on any atom is -0.352 e. The van der Waals surface area contributed by atoms with E-state index < -0.39 is 0 Å². The summed E-state index contributed by atoms with van der Waals surface area (Å²) >= 11 is 0. The minimum atomic E-state index is 0.209. The molecule has 0 aromatic carbocycles. The second-order valence-electron chi connectivity index (χ2n) is 5.88. The summed E-state index contributed by atoms with van der Waals surface area (Å²) in [5, 5.41) is 3.09. The molecule has 0 aliphatic heterocycles. The summed E-state index contributed by atoms with van der Waals surface area (Å²) in [6.07, 6.45) is 7.95. The Bertz CT molecular complexity index is 270. The van der Waals surface area contributed by atoms with Crippen molar-refractivity contribution in [3.8, 4) is 0 Å². The highest BCUT2D eigenvalue weighted by molar-refractivity contribution is 5.78. The maximum Gasteiger partial charge on any atom is 0.234 e.